The summed E-state index contributed by atoms with van der Waals surface area (Å²) >= 11 is 0. The van der Waals surface area contributed by atoms with Gasteiger partial charge in [-0.1, -0.05) is 36.4 Å². The number of ether oxygens (including phenoxy) is 1. The Balaban J connectivity index is 1.37. The summed E-state index contributed by atoms with van der Waals surface area (Å²) < 4.78 is 21.4. The molecule has 1 aliphatic heterocycles. The summed E-state index contributed by atoms with van der Waals surface area (Å²) in [5.41, 5.74) is 8.12. The van der Waals surface area contributed by atoms with Gasteiger partial charge in [0.25, 0.3) is 11.7 Å². The number of carbonyl (C=O) groups is 3. The number of rotatable bonds is 6. The van der Waals surface area contributed by atoms with Crippen molar-refractivity contribution >= 4 is 34.6 Å². The van der Waals surface area contributed by atoms with E-state index < -0.39 is 23.1 Å². The molecular weight excluding hydrogens is 553 g/mol. The molecule has 0 aliphatic carbocycles. The van der Waals surface area contributed by atoms with E-state index in [4.69, 9.17) is 15.6 Å². The van der Waals surface area contributed by atoms with Crippen molar-refractivity contribution in [3.05, 3.63) is 71.8 Å². The van der Waals surface area contributed by atoms with Gasteiger partial charge in [0.05, 0.1) is 17.0 Å². The lowest BCUT2D eigenvalue weighted by Gasteiger charge is -2.34. The monoisotopic (exact) mass is 587 g/mol. The van der Waals surface area contributed by atoms with Crippen molar-refractivity contribution in [2.24, 2.45) is 0 Å². The summed E-state index contributed by atoms with van der Waals surface area (Å²) in [7, 11) is 1.49. The number of anilines is 1. The van der Waals surface area contributed by atoms with Crippen LogP contribution in [0, 0.1) is 5.82 Å². The fourth-order valence-electron chi connectivity index (χ4n) is 5.15. The maximum atomic E-state index is 14.0. The van der Waals surface area contributed by atoms with Gasteiger partial charge in [-0.2, -0.15) is 5.10 Å². The second kappa shape index (κ2) is 11.8. The van der Waals surface area contributed by atoms with E-state index in [-0.39, 0.29) is 30.1 Å². The highest BCUT2D eigenvalue weighted by Gasteiger charge is 2.31. The number of benzene rings is 2. The summed E-state index contributed by atoms with van der Waals surface area (Å²) in [4.78, 5) is 49.6. The molecule has 224 valence electrons. The second-order valence-corrected chi connectivity index (χ2v) is 11.6. The first-order valence-corrected chi connectivity index (χ1v) is 14.0. The first kappa shape index (κ1) is 29.6. The highest BCUT2D eigenvalue weighted by atomic mass is 19.1. The Bertz CT molecular complexity index is 1680. The van der Waals surface area contributed by atoms with Gasteiger partial charge >= 0.3 is 6.09 Å². The van der Waals surface area contributed by atoms with Gasteiger partial charge in [0.1, 0.15) is 29.3 Å². The smallest absolute Gasteiger partial charge is 0.410 e. The molecule has 1 atom stereocenters. The van der Waals surface area contributed by atoms with Gasteiger partial charge in [-0.15, -0.1) is 0 Å². The molecule has 1 fully saturated rings. The van der Waals surface area contributed by atoms with Crippen LogP contribution in [0.2, 0.25) is 0 Å². The lowest BCUT2D eigenvalue weighted by molar-refractivity contribution is -0.125. The lowest BCUT2D eigenvalue weighted by Crippen LogP contribution is -2.43. The van der Waals surface area contributed by atoms with Crippen molar-refractivity contribution in [3.63, 3.8) is 0 Å². The van der Waals surface area contributed by atoms with E-state index in [0.717, 1.165) is 30.0 Å². The number of ketones is 1. The van der Waals surface area contributed by atoms with E-state index in [0.29, 0.717) is 29.8 Å². The van der Waals surface area contributed by atoms with Crippen molar-refractivity contribution in [2.75, 3.05) is 25.9 Å². The minimum Gasteiger partial charge on any atom is -0.444 e. The average molecular weight is 588 g/mol. The third kappa shape index (κ3) is 6.32. The van der Waals surface area contributed by atoms with Gasteiger partial charge in [-0.25, -0.2) is 23.8 Å². The van der Waals surface area contributed by atoms with E-state index in [1.807, 2.05) is 49.7 Å². The van der Waals surface area contributed by atoms with Gasteiger partial charge in [-0.05, 0) is 51.3 Å². The number of nitrogens with zero attached hydrogens (tertiary/aromatic N) is 6. The minimum absolute atomic E-state index is 0.141. The van der Waals surface area contributed by atoms with Crippen molar-refractivity contribution in [3.8, 4) is 11.3 Å². The molecule has 0 bridgehead atoms. The number of halogens is 1. The molecule has 11 nitrogen and oxygen atoms in total. The number of aromatic nitrogens is 4. The van der Waals surface area contributed by atoms with Gasteiger partial charge in [0.2, 0.25) is 0 Å². The molecule has 2 aromatic carbocycles. The molecule has 2 aromatic heterocycles. The highest BCUT2D eigenvalue weighted by Crippen LogP contribution is 2.34. The minimum atomic E-state index is -0.905. The largest absolute Gasteiger partial charge is 0.444 e. The molecule has 0 unspecified atom stereocenters. The van der Waals surface area contributed by atoms with Crippen LogP contribution in [0.3, 0.4) is 0 Å². The number of Topliss-reactive ketones (excluding diaryl/α,β-unsaturated/α-hetero) is 1. The van der Waals surface area contributed by atoms with Crippen LogP contribution in [-0.2, 0) is 16.1 Å². The number of hydrogen-bond donors (Lipinski definition) is 1. The molecular formula is C31H34FN7O4. The molecule has 1 saturated heterocycles. The van der Waals surface area contributed by atoms with E-state index in [1.54, 1.807) is 4.90 Å². The zero-order valence-corrected chi connectivity index (χ0v) is 24.6. The molecule has 0 saturated carbocycles. The average Bonchev–Trinajstić information content (AvgIpc) is 3.37. The molecule has 5 rings (SSSR count). The molecule has 1 aliphatic rings. The summed E-state index contributed by atoms with van der Waals surface area (Å²) in [5.74, 6) is -2.17. The Kier molecular flexibility index (Phi) is 8.12. The van der Waals surface area contributed by atoms with Gasteiger partial charge in [0, 0.05) is 32.2 Å². The Hall–Kier alpha value is -4.87. The first-order valence-electron chi connectivity index (χ1n) is 14.0. The van der Waals surface area contributed by atoms with Crippen LogP contribution in [-0.4, -0.2) is 73.1 Å². The third-order valence-corrected chi connectivity index (χ3v) is 7.22. The van der Waals surface area contributed by atoms with Gasteiger partial charge in [-0.3, -0.25) is 9.59 Å². The quantitative estimate of drug-likeness (QED) is 0.255. The first-order chi connectivity index (χ1) is 20.4. The molecule has 2 N–H and O–H groups in total. The fraction of sp³-hybridized carbons (Fsp3) is 0.355. The van der Waals surface area contributed by atoms with Crippen LogP contribution in [0.25, 0.3) is 22.3 Å². The van der Waals surface area contributed by atoms with E-state index >= 15 is 0 Å². The lowest BCUT2D eigenvalue weighted by atomic mass is 10.1. The maximum absolute atomic E-state index is 14.0. The van der Waals surface area contributed by atoms with E-state index in [1.165, 1.54) is 36.5 Å². The Morgan fingerprint density at radius 1 is 1.09 bits per heavy atom. The standard InChI is InChI=1S/C31H34FN7O4/c1-31(2,3)43-30(42)38-15-7-8-21(17-38)39-28-24(27(33)34-18-35-28)25(36-39)20-13-11-19(12-14-20)16-37(4)29(41)26(40)22-9-5-6-10-23(22)32/h5-6,9-14,18,21H,7-8,15-17H2,1-4H3,(H2,33,34,35)/t21-/m1/s1. The third-order valence-electron chi connectivity index (χ3n) is 7.22. The van der Waals surface area contributed by atoms with E-state index in [2.05, 4.69) is 9.97 Å². The number of amides is 2. The van der Waals surface area contributed by atoms with Gasteiger partial charge in [0.15, 0.2) is 5.65 Å². The Morgan fingerprint density at radius 3 is 2.51 bits per heavy atom. The van der Waals surface area contributed by atoms with Crippen LogP contribution >= 0.6 is 0 Å². The van der Waals surface area contributed by atoms with Crippen LogP contribution in [0.1, 0.15) is 55.6 Å². The number of carbonyl (C=O) groups excluding carboxylic acids is 3. The number of likely N-dealkylation sites (N-methyl/N-ethyl adjacent to an activating group) is 1. The van der Waals surface area contributed by atoms with E-state index in [9.17, 15) is 18.8 Å². The SMILES string of the molecule is CN(Cc1ccc(-c2nn([C@@H]3CCCN(C(=O)OC(C)(C)C)C3)c3ncnc(N)c23)cc1)C(=O)C(=O)c1ccccc1F. The highest BCUT2D eigenvalue weighted by molar-refractivity contribution is 6.42. The predicted octanol–water partition coefficient (Wildman–Crippen LogP) is 4.63. The van der Waals surface area contributed by atoms with Crippen LogP contribution < -0.4 is 5.73 Å². The normalized spacial score (nSPS) is 15.4. The molecule has 4 aromatic rings. The van der Waals surface area contributed by atoms with Gasteiger partial charge < -0.3 is 20.3 Å². The van der Waals surface area contributed by atoms with Crippen molar-refractivity contribution in [2.45, 2.75) is 51.8 Å². The van der Waals surface area contributed by atoms with Crippen LogP contribution in [0.5, 0.6) is 0 Å². The molecule has 2 amide bonds. The second-order valence-electron chi connectivity index (χ2n) is 11.6. The number of hydrogen-bond acceptors (Lipinski definition) is 8. The summed E-state index contributed by atoms with van der Waals surface area (Å²) in [6.45, 7) is 6.67. The summed E-state index contributed by atoms with van der Waals surface area (Å²) in [6.07, 6.45) is 2.61. The number of likely N-dealkylation sites (tertiary alicyclic amines) is 1. The fourth-order valence-corrected chi connectivity index (χ4v) is 5.15. The van der Waals surface area contributed by atoms with Crippen molar-refractivity contribution in [1.82, 2.24) is 29.5 Å². The zero-order chi connectivity index (χ0) is 30.9. The Labute approximate surface area is 248 Å². The summed E-state index contributed by atoms with van der Waals surface area (Å²) in [5, 5.41) is 5.51. The number of nitrogen functional groups attached to an aromatic ring is 1. The number of nitrogens with two attached hydrogens (primary N) is 1. The Morgan fingerprint density at radius 2 is 1.81 bits per heavy atom. The predicted molar refractivity (Wildman–Crippen MR) is 158 cm³/mol. The summed E-state index contributed by atoms with van der Waals surface area (Å²) in [6, 6.07) is 12.6. The van der Waals surface area contributed by atoms with Crippen molar-refractivity contribution in [1.29, 1.82) is 0 Å². The maximum Gasteiger partial charge on any atom is 0.410 e. The number of piperidine rings is 1. The van der Waals surface area contributed by atoms with Crippen LogP contribution in [0.15, 0.2) is 54.9 Å². The van der Waals surface area contributed by atoms with Crippen molar-refractivity contribution < 1.29 is 23.5 Å². The molecule has 0 spiro atoms. The topological polar surface area (TPSA) is 137 Å². The molecule has 3 heterocycles. The molecule has 43 heavy (non-hydrogen) atoms. The number of fused-ring (bicyclic) bond motifs is 1. The molecule has 12 heteroatoms. The van der Waals surface area contributed by atoms with Crippen LogP contribution in [0.4, 0.5) is 15.0 Å². The zero-order valence-electron chi connectivity index (χ0n) is 24.6. The molecule has 0 radical (unpaired) electrons.